The van der Waals surface area contributed by atoms with Crippen molar-refractivity contribution in [3.63, 3.8) is 0 Å². The molecule has 0 amide bonds. The number of benzene rings is 1. The average molecular weight is 271 g/mol. The maximum Gasteiger partial charge on any atom is 0.137 e. The number of nitrogens with zero attached hydrogens (tertiary/aromatic N) is 2. The number of anilines is 1. The molecule has 2 heterocycles. The van der Waals surface area contributed by atoms with Crippen LogP contribution in [0.5, 0.6) is 0 Å². The van der Waals surface area contributed by atoms with Gasteiger partial charge >= 0.3 is 0 Å². The third-order valence-electron chi connectivity index (χ3n) is 3.81. The lowest BCUT2D eigenvalue weighted by Crippen LogP contribution is -2.20. The lowest BCUT2D eigenvalue weighted by molar-refractivity contribution is 0.0530. The second kappa shape index (κ2) is 6.18. The highest BCUT2D eigenvalue weighted by Gasteiger charge is 2.13. The summed E-state index contributed by atoms with van der Waals surface area (Å²) in [6.07, 6.45) is 3.61. The number of hydrogen-bond acceptors (Lipinski definition) is 4. The van der Waals surface area contributed by atoms with Gasteiger partial charge in [0.15, 0.2) is 0 Å². The number of rotatable bonds is 4. The van der Waals surface area contributed by atoms with E-state index in [-0.39, 0.29) is 0 Å². The molecule has 4 nitrogen and oxygen atoms in total. The van der Waals surface area contributed by atoms with Crippen molar-refractivity contribution in [3.05, 3.63) is 30.1 Å². The Balaban J connectivity index is 1.67. The molecule has 0 radical (unpaired) electrons. The van der Waals surface area contributed by atoms with Crippen molar-refractivity contribution in [1.29, 1.82) is 0 Å². The van der Waals surface area contributed by atoms with Gasteiger partial charge in [-0.25, -0.2) is 9.97 Å². The molecule has 2 aromatic rings. The van der Waals surface area contributed by atoms with E-state index in [1.165, 1.54) is 12.8 Å². The maximum atomic E-state index is 5.52. The van der Waals surface area contributed by atoms with Crippen LogP contribution in [0.1, 0.15) is 25.1 Å². The number of aromatic nitrogens is 2. The van der Waals surface area contributed by atoms with Crippen LogP contribution in [-0.2, 0) is 4.74 Å². The number of nitrogens with one attached hydrogen (secondary N) is 1. The van der Waals surface area contributed by atoms with Crippen LogP contribution in [0, 0.1) is 12.8 Å². The largest absolute Gasteiger partial charge is 0.381 e. The molecule has 1 aromatic carbocycles. The zero-order valence-corrected chi connectivity index (χ0v) is 11.9. The molecule has 3 rings (SSSR count). The molecule has 1 aromatic heterocycles. The first kappa shape index (κ1) is 13.3. The van der Waals surface area contributed by atoms with Gasteiger partial charge in [-0.15, -0.1) is 0 Å². The number of ether oxygens (including phenoxy) is 1. The molecule has 0 spiro atoms. The van der Waals surface area contributed by atoms with Crippen molar-refractivity contribution in [1.82, 2.24) is 9.97 Å². The molecule has 1 fully saturated rings. The summed E-state index contributed by atoms with van der Waals surface area (Å²) >= 11 is 0. The monoisotopic (exact) mass is 271 g/mol. The van der Waals surface area contributed by atoms with Crippen molar-refractivity contribution in [2.45, 2.75) is 26.2 Å². The zero-order valence-electron chi connectivity index (χ0n) is 11.9. The van der Waals surface area contributed by atoms with E-state index in [9.17, 15) is 0 Å². The molecule has 1 saturated heterocycles. The molecular formula is C16H21N3O. The summed E-state index contributed by atoms with van der Waals surface area (Å²) in [5.74, 6) is 2.45. The topological polar surface area (TPSA) is 47.0 Å². The van der Waals surface area contributed by atoms with E-state index < -0.39 is 0 Å². The van der Waals surface area contributed by atoms with Crippen molar-refractivity contribution in [2.75, 3.05) is 25.1 Å². The summed E-state index contributed by atoms with van der Waals surface area (Å²) in [5, 5.41) is 4.56. The van der Waals surface area contributed by atoms with E-state index >= 15 is 0 Å². The zero-order chi connectivity index (χ0) is 13.8. The maximum absolute atomic E-state index is 5.52. The lowest BCUT2D eigenvalue weighted by atomic mass is 9.99. The lowest BCUT2D eigenvalue weighted by Gasteiger charge is -2.22. The number of fused-ring (bicyclic) bond motifs is 1. The van der Waals surface area contributed by atoms with Crippen LogP contribution in [0.25, 0.3) is 10.9 Å². The van der Waals surface area contributed by atoms with Gasteiger partial charge in [0.2, 0.25) is 0 Å². The third kappa shape index (κ3) is 3.07. The summed E-state index contributed by atoms with van der Waals surface area (Å²) in [5.41, 5.74) is 1.00. The number of para-hydroxylation sites is 1. The molecule has 0 saturated carbocycles. The molecular weight excluding hydrogens is 250 g/mol. The quantitative estimate of drug-likeness (QED) is 0.928. The minimum absolute atomic E-state index is 0.686. The number of aryl methyl sites for hydroxylation is 1. The Morgan fingerprint density at radius 1 is 1.30 bits per heavy atom. The average Bonchev–Trinajstić information content (AvgIpc) is 2.48. The van der Waals surface area contributed by atoms with Gasteiger partial charge in [0, 0.05) is 25.1 Å². The predicted molar refractivity (Wildman–Crippen MR) is 80.9 cm³/mol. The Hall–Kier alpha value is -1.68. The number of hydrogen-bond donors (Lipinski definition) is 1. The van der Waals surface area contributed by atoms with Gasteiger partial charge in [-0.05, 0) is 44.2 Å². The normalized spacial score (nSPS) is 19.1. The van der Waals surface area contributed by atoms with Gasteiger partial charge in [0.1, 0.15) is 11.6 Å². The minimum atomic E-state index is 0.686. The van der Waals surface area contributed by atoms with Crippen molar-refractivity contribution < 1.29 is 4.74 Å². The van der Waals surface area contributed by atoms with Crippen LogP contribution in [0.15, 0.2) is 24.3 Å². The van der Waals surface area contributed by atoms with Crippen molar-refractivity contribution >= 4 is 16.7 Å². The molecule has 0 unspecified atom stereocenters. The molecule has 0 bridgehead atoms. The minimum Gasteiger partial charge on any atom is -0.381 e. The van der Waals surface area contributed by atoms with Gasteiger partial charge in [-0.2, -0.15) is 0 Å². The fourth-order valence-electron chi connectivity index (χ4n) is 2.76. The summed E-state index contributed by atoms with van der Waals surface area (Å²) in [7, 11) is 0. The second-order valence-corrected chi connectivity index (χ2v) is 5.44. The molecule has 0 aliphatic carbocycles. The van der Waals surface area contributed by atoms with Crippen molar-refractivity contribution in [2.24, 2.45) is 5.92 Å². The highest BCUT2D eigenvalue weighted by Crippen LogP contribution is 2.21. The first-order chi connectivity index (χ1) is 9.83. The molecule has 1 N–H and O–H groups in total. The SMILES string of the molecule is Cc1nc(NCC[C@@H]2CCCOC2)c2ccccc2n1. The second-order valence-electron chi connectivity index (χ2n) is 5.44. The highest BCUT2D eigenvalue weighted by atomic mass is 16.5. The van der Waals surface area contributed by atoms with Crippen molar-refractivity contribution in [3.8, 4) is 0 Å². The van der Waals surface area contributed by atoms with E-state index in [0.717, 1.165) is 48.7 Å². The Bertz CT molecular complexity index is 579. The van der Waals surface area contributed by atoms with E-state index in [1.54, 1.807) is 0 Å². The summed E-state index contributed by atoms with van der Waals surface area (Å²) in [4.78, 5) is 8.99. The van der Waals surface area contributed by atoms with E-state index in [2.05, 4.69) is 21.4 Å². The van der Waals surface area contributed by atoms with E-state index in [0.29, 0.717) is 5.92 Å². The van der Waals surface area contributed by atoms with Crippen LogP contribution in [0.4, 0.5) is 5.82 Å². The van der Waals surface area contributed by atoms with E-state index in [4.69, 9.17) is 4.74 Å². The smallest absolute Gasteiger partial charge is 0.137 e. The molecule has 106 valence electrons. The van der Waals surface area contributed by atoms with Gasteiger partial charge < -0.3 is 10.1 Å². The Morgan fingerprint density at radius 3 is 3.05 bits per heavy atom. The molecule has 1 aliphatic rings. The highest BCUT2D eigenvalue weighted by molar-refractivity contribution is 5.88. The van der Waals surface area contributed by atoms with E-state index in [1.807, 2.05) is 25.1 Å². The summed E-state index contributed by atoms with van der Waals surface area (Å²) < 4.78 is 5.52. The fraction of sp³-hybridized carbons (Fsp3) is 0.500. The van der Waals surface area contributed by atoms with Gasteiger partial charge in [0.25, 0.3) is 0 Å². The van der Waals surface area contributed by atoms with Gasteiger partial charge in [0.05, 0.1) is 5.52 Å². The first-order valence-electron chi connectivity index (χ1n) is 7.38. The van der Waals surface area contributed by atoms with Crippen LogP contribution in [0.3, 0.4) is 0 Å². The molecule has 1 aliphatic heterocycles. The Morgan fingerprint density at radius 2 is 2.20 bits per heavy atom. The van der Waals surface area contributed by atoms with Crippen LogP contribution in [0.2, 0.25) is 0 Å². The molecule has 1 atom stereocenters. The summed E-state index contributed by atoms with van der Waals surface area (Å²) in [6, 6.07) is 8.14. The molecule has 20 heavy (non-hydrogen) atoms. The predicted octanol–water partition coefficient (Wildman–Crippen LogP) is 3.17. The third-order valence-corrected chi connectivity index (χ3v) is 3.81. The Kier molecular flexibility index (Phi) is 4.11. The fourth-order valence-corrected chi connectivity index (χ4v) is 2.76. The Labute approximate surface area is 119 Å². The summed E-state index contributed by atoms with van der Waals surface area (Å²) in [6.45, 7) is 4.71. The molecule has 4 heteroatoms. The van der Waals surface area contributed by atoms with Crippen LogP contribution in [-0.4, -0.2) is 29.7 Å². The first-order valence-corrected chi connectivity index (χ1v) is 7.38. The van der Waals surface area contributed by atoms with Gasteiger partial charge in [-0.3, -0.25) is 0 Å². The standard InChI is InChI=1S/C16H21N3O/c1-12-18-15-7-3-2-6-14(15)16(19-12)17-9-8-13-5-4-10-20-11-13/h2-3,6-7,13H,4-5,8-11H2,1H3,(H,17,18,19)/t13-/m0/s1. The van der Waals surface area contributed by atoms with Gasteiger partial charge in [-0.1, -0.05) is 12.1 Å². The van der Waals surface area contributed by atoms with Crippen LogP contribution >= 0.6 is 0 Å². The van der Waals surface area contributed by atoms with Crippen LogP contribution < -0.4 is 5.32 Å².